The van der Waals surface area contributed by atoms with Crippen molar-refractivity contribution in [3.05, 3.63) is 12.3 Å². The number of aliphatic carboxylic acids is 1. The number of carboxylic acid groups (broad SMARTS) is 1. The van der Waals surface area contributed by atoms with Gasteiger partial charge in [0.1, 0.15) is 0 Å². The molecule has 4 heteroatoms. The molecule has 1 aliphatic rings. The molecule has 0 radical (unpaired) electrons. The van der Waals surface area contributed by atoms with E-state index in [1.165, 1.54) is 12.3 Å². The lowest BCUT2D eigenvalue weighted by Crippen LogP contribution is -2.24. The Hall–Kier alpha value is -1.03. The highest BCUT2D eigenvalue weighted by Crippen LogP contribution is 2.00. The molecule has 0 aromatic heterocycles. The Morgan fingerprint density at radius 3 is 2.89 bits per heavy atom. The summed E-state index contributed by atoms with van der Waals surface area (Å²) in [6, 6.07) is 0. The van der Waals surface area contributed by atoms with Gasteiger partial charge in [0.05, 0.1) is 6.26 Å². The number of carbonyl (C=O) groups is 1. The molecule has 0 aromatic rings. The fourth-order valence-corrected chi connectivity index (χ4v) is 0.488. The van der Waals surface area contributed by atoms with Crippen LogP contribution in [0.25, 0.3) is 0 Å². The Bertz CT molecular complexity index is 140. The van der Waals surface area contributed by atoms with Crippen molar-refractivity contribution in [3.63, 3.8) is 0 Å². The second kappa shape index (κ2) is 2.50. The van der Waals surface area contributed by atoms with Crippen LogP contribution in [0, 0.1) is 0 Å². The summed E-state index contributed by atoms with van der Waals surface area (Å²) in [4.78, 5) is 10.1. The van der Waals surface area contributed by atoms with E-state index in [9.17, 15) is 4.79 Å². The van der Waals surface area contributed by atoms with Crippen LogP contribution < -0.4 is 0 Å². The van der Waals surface area contributed by atoms with Gasteiger partial charge in [0, 0.05) is 0 Å². The average Bonchev–Trinajstić information content (AvgIpc) is 1.90. The van der Waals surface area contributed by atoms with Gasteiger partial charge in [-0.05, 0) is 6.08 Å². The Morgan fingerprint density at radius 1 is 1.78 bits per heavy atom. The summed E-state index contributed by atoms with van der Waals surface area (Å²) in [6.45, 7) is 0.0213. The second-order valence-corrected chi connectivity index (χ2v) is 1.54. The number of hydrogen-bond donors (Lipinski definition) is 1. The molecular weight excluding hydrogens is 124 g/mol. The summed E-state index contributed by atoms with van der Waals surface area (Å²) < 4.78 is 9.21. The van der Waals surface area contributed by atoms with Crippen molar-refractivity contribution >= 4 is 5.97 Å². The van der Waals surface area contributed by atoms with Crippen LogP contribution in [0.15, 0.2) is 12.3 Å². The minimum absolute atomic E-state index is 0.0213. The van der Waals surface area contributed by atoms with E-state index in [4.69, 9.17) is 5.11 Å². The van der Waals surface area contributed by atoms with Crippen LogP contribution in [-0.4, -0.2) is 24.0 Å². The molecule has 9 heavy (non-hydrogen) atoms. The van der Waals surface area contributed by atoms with Gasteiger partial charge in [-0.15, -0.1) is 0 Å². The normalized spacial score (nSPS) is 25.1. The molecule has 1 atom stereocenters. The molecule has 1 unspecified atom stereocenters. The zero-order valence-electron chi connectivity index (χ0n) is 4.61. The Morgan fingerprint density at radius 2 is 2.56 bits per heavy atom. The molecule has 1 rings (SSSR count). The van der Waals surface area contributed by atoms with Crippen LogP contribution in [0.2, 0.25) is 0 Å². The summed E-state index contributed by atoms with van der Waals surface area (Å²) >= 11 is 0. The molecule has 1 aliphatic heterocycles. The molecule has 0 amide bonds. The van der Waals surface area contributed by atoms with Crippen molar-refractivity contribution in [1.82, 2.24) is 0 Å². The van der Waals surface area contributed by atoms with Gasteiger partial charge in [0.15, 0.2) is 12.9 Å². The van der Waals surface area contributed by atoms with Crippen molar-refractivity contribution in [2.75, 3.05) is 6.79 Å². The summed E-state index contributed by atoms with van der Waals surface area (Å²) in [5, 5.41) is 8.31. The van der Waals surface area contributed by atoms with Crippen molar-refractivity contribution in [2.24, 2.45) is 0 Å². The van der Waals surface area contributed by atoms with Crippen molar-refractivity contribution in [3.8, 4) is 0 Å². The fourth-order valence-electron chi connectivity index (χ4n) is 0.488. The largest absolute Gasteiger partial charge is 0.479 e. The van der Waals surface area contributed by atoms with E-state index in [0.29, 0.717) is 0 Å². The first-order chi connectivity index (χ1) is 4.30. The third-order valence-corrected chi connectivity index (χ3v) is 0.909. The highest BCUT2D eigenvalue weighted by Gasteiger charge is 2.16. The first-order valence-corrected chi connectivity index (χ1v) is 2.43. The minimum atomic E-state index is -0.991. The number of hydrogen-bond acceptors (Lipinski definition) is 3. The molecule has 4 nitrogen and oxygen atoms in total. The third-order valence-electron chi connectivity index (χ3n) is 0.909. The van der Waals surface area contributed by atoms with Crippen LogP contribution in [0.5, 0.6) is 0 Å². The quantitative estimate of drug-likeness (QED) is 0.541. The summed E-state index contributed by atoms with van der Waals surface area (Å²) in [7, 11) is 0. The minimum Gasteiger partial charge on any atom is -0.479 e. The van der Waals surface area contributed by atoms with E-state index < -0.39 is 12.1 Å². The van der Waals surface area contributed by atoms with Crippen LogP contribution in [0.4, 0.5) is 0 Å². The van der Waals surface area contributed by atoms with Crippen molar-refractivity contribution in [2.45, 2.75) is 6.10 Å². The average molecular weight is 130 g/mol. The third kappa shape index (κ3) is 1.43. The molecule has 0 saturated carbocycles. The molecule has 0 bridgehead atoms. The summed E-state index contributed by atoms with van der Waals surface area (Å²) in [5.74, 6) is -0.991. The van der Waals surface area contributed by atoms with E-state index >= 15 is 0 Å². The van der Waals surface area contributed by atoms with Gasteiger partial charge in [-0.3, -0.25) is 0 Å². The van der Waals surface area contributed by atoms with Gasteiger partial charge in [0.2, 0.25) is 0 Å². The maximum Gasteiger partial charge on any atom is 0.337 e. The van der Waals surface area contributed by atoms with Gasteiger partial charge in [-0.1, -0.05) is 0 Å². The van der Waals surface area contributed by atoms with Crippen molar-refractivity contribution < 1.29 is 19.4 Å². The molecule has 0 fully saturated rings. The molecule has 0 aliphatic carbocycles. The zero-order valence-corrected chi connectivity index (χ0v) is 4.61. The maximum absolute atomic E-state index is 10.1. The van der Waals surface area contributed by atoms with E-state index in [1.54, 1.807) is 0 Å². The number of ether oxygens (including phenoxy) is 2. The van der Waals surface area contributed by atoms with Gasteiger partial charge in [-0.2, -0.15) is 0 Å². The Kier molecular flexibility index (Phi) is 1.69. The highest BCUT2D eigenvalue weighted by atomic mass is 16.7. The summed E-state index contributed by atoms with van der Waals surface area (Å²) in [5.41, 5.74) is 0. The first-order valence-electron chi connectivity index (χ1n) is 2.43. The van der Waals surface area contributed by atoms with Gasteiger partial charge in [-0.25, -0.2) is 4.79 Å². The van der Waals surface area contributed by atoms with Crippen molar-refractivity contribution in [1.29, 1.82) is 0 Å². The monoisotopic (exact) mass is 130 g/mol. The summed E-state index contributed by atoms with van der Waals surface area (Å²) in [6.07, 6.45) is 1.83. The molecule has 1 heterocycles. The Labute approximate surface area is 51.7 Å². The molecule has 50 valence electrons. The zero-order chi connectivity index (χ0) is 6.69. The highest BCUT2D eigenvalue weighted by molar-refractivity contribution is 5.74. The lowest BCUT2D eigenvalue weighted by Gasteiger charge is -2.12. The second-order valence-electron chi connectivity index (χ2n) is 1.54. The fraction of sp³-hybridized carbons (Fsp3) is 0.400. The van der Waals surface area contributed by atoms with E-state index in [2.05, 4.69) is 9.47 Å². The molecular formula is C5H6O4. The van der Waals surface area contributed by atoms with E-state index in [-0.39, 0.29) is 6.79 Å². The number of rotatable bonds is 1. The lowest BCUT2D eigenvalue weighted by molar-refractivity contribution is -0.155. The topological polar surface area (TPSA) is 55.8 Å². The predicted molar refractivity (Wildman–Crippen MR) is 27.6 cm³/mol. The van der Waals surface area contributed by atoms with Gasteiger partial charge in [0.25, 0.3) is 0 Å². The number of carboxylic acids is 1. The standard InChI is InChI=1S/C5H6O4/c6-5(7)4-1-2-8-3-9-4/h1-2,4H,3H2,(H,6,7). The van der Waals surface area contributed by atoms with Crippen LogP contribution in [0.3, 0.4) is 0 Å². The Balaban J connectivity index is 2.50. The SMILES string of the molecule is O=C(O)C1C=COCO1. The molecule has 0 aromatic carbocycles. The van der Waals surface area contributed by atoms with Crippen LogP contribution in [0.1, 0.15) is 0 Å². The smallest absolute Gasteiger partial charge is 0.337 e. The lowest BCUT2D eigenvalue weighted by atomic mass is 10.3. The van der Waals surface area contributed by atoms with Gasteiger partial charge < -0.3 is 14.6 Å². The van der Waals surface area contributed by atoms with Crippen LogP contribution in [-0.2, 0) is 14.3 Å². The predicted octanol–water partition coefficient (Wildman–Crippen LogP) is -0.0424. The molecule has 0 saturated heterocycles. The van der Waals surface area contributed by atoms with Gasteiger partial charge >= 0.3 is 5.97 Å². The van der Waals surface area contributed by atoms with E-state index in [1.807, 2.05) is 0 Å². The van der Waals surface area contributed by atoms with E-state index in [0.717, 1.165) is 0 Å². The molecule has 0 spiro atoms. The first kappa shape index (κ1) is 6.10. The maximum atomic E-state index is 10.1. The van der Waals surface area contributed by atoms with Crippen LogP contribution >= 0.6 is 0 Å². The molecule has 1 N–H and O–H groups in total.